The molecule has 1 atom stereocenters. The number of nitrogens with zero attached hydrogens (tertiary/aromatic N) is 2. The van der Waals surface area contributed by atoms with Crippen molar-refractivity contribution in [1.82, 2.24) is 15.5 Å². The lowest BCUT2D eigenvalue weighted by molar-refractivity contribution is -0.121. The lowest BCUT2D eigenvalue weighted by Crippen LogP contribution is -2.46. The number of likely N-dealkylation sites (tertiary alicyclic amines) is 1. The minimum atomic E-state index is 0. The van der Waals surface area contributed by atoms with Crippen LogP contribution in [0.4, 0.5) is 0 Å². The fraction of sp³-hybridized carbons (Fsp3) is 0.619. The van der Waals surface area contributed by atoms with Crippen molar-refractivity contribution in [1.29, 1.82) is 0 Å². The maximum absolute atomic E-state index is 11.6. The molecule has 0 saturated carbocycles. The zero-order chi connectivity index (χ0) is 18.8. The second-order valence-corrected chi connectivity index (χ2v) is 7.14. The minimum absolute atomic E-state index is 0. The van der Waals surface area contributed by atoms with Crippen LogP contribution in [-0.2, 0) is 4.79 Å². The van der Waals surface area contributed by atoms with E-state index in [-0.39, 0.29) is 29.9 Å². The summed E-state index contributed by atoms with van der Waals surface area (Å²) in [6.45, 7) is 8.04. The Labute approximate surface area is 181 Å². The normalized spacial score (nSPS) is 16.4. The molecule has 1 saturated heterocycles. The molecule has 1 aliphatic heterocycles. The third kappa shape index (κ3) is 8.07. The van der Waals surface area contributed by atoms with Crippen LogP contribution in [0, 0.1) is 5.92 Å². The largest absolute Gasteiger partial charge is 0.359 e. The topological polar surface area (TPSA) is 56.7 Å². The Bertz CT molecular complexity index is 571. The molecule has 1 heterocycles. The van der Waals surface area contributed by atoms with Crippen molar-refractivity contribution in [3.05, 3.63) is 35.9 Å². The summed E-state index contributed by atoms with van der Waals surface area (Å²) < 4.78 is 0. The zero-order valence-electron chi connectivity index (χ0n) is 16.9. The van der Waals surface area contributed by atoms with Crippen LogP contribution >= 0.6 is 24.0 Å². The first-order chi connectivity index (χ1) is 12.6. The highest BCUT2D eigenvalue weighted by Gasteiger charge is 2.23. The smallest absolute Gasteiger partial charge is 0.220 e. The van der Waals surface area contributed by atoms with Crippen LogP contribution in [0.25, 0.3) is 0 Å². The Balaban J connectivity index is 0.00000364. The fourth-order valence-electron chi connectivity index (χ4n) is 3.45. The number of piperidine rings is 1. The van der Waals surface area contributed by atoms with Crippen LogP contribution in [0.15, 0.2) is 35.3 Å². The van der Waals surface area contributed by atoms with Crippen LogP contribution in [-0.4, -0.2) is 50.0 Å². The van der Waals surface area contributed by atoms with Crippen LogP contribution in [0.1, 0.15) is 51.0 Å². The van der Waals surface area contributed by atoms with E-state index in [1.54, 1.807) is 7.05 Å². The van der Waals surface area contributed by atoms with Crippen molar-refractivity contribution >= 4 is 35.8 Å². The molecule has 0 spiro atoms. The first kappa shape index (κ1) is 23.7. The molecule has 0 bridgehead atoms. The Kier molecular flexibility index (Phi) is 11.4. The van der Waals surface area contributed by atoms with Crippen molar-refractivity contribution in [3.8, 4) is 0 Å². The Hall–Kier alpha value is -1.31. The molecular formula is C21H35IN4O. The number of carbonyl (C=O) groups excluding carboxylic acids is 1. The number of carbonyl (C=O) groups is 1. The van der Waals surface area contributed by atoms with E-state index < -0.39 is 0 Å². The number of nitrogens with one attached hydrogen (secondary N) is 2. The van der Waals surface area contributed by atoms with E-state index in [2.05, 4.69) is 59.7 Å². The van der Waals surface area contributed by atoms with Gasteiger partial charge in [-0.1, -0.05) is 37.3 Å². The van der Waals surface area contributed by atoms with E-state index in [0.29, 0.717) is 18.3 Å². The molecule has 2 N–H and O–H groups in total. The average molecular weight is 486 g/mol. The van der Waals surface area contributed by atoms with Gasteiger partial charge in [0, 0.05) is 39.6 Å². The van der Waals surface area contributed by atoms with Gasteiger partial charge in [-0.15, -0.1) is 24.0 Å². The summed E-state index contributed by atoms with van der Waals surface area (Å²) in [5.74, 6) is 2.18. The molecule has 0 radical (unpaired) electrons. The number of rotatable bonds is 7. The van der Waals surface area contributed by atoms with Gasteiger partial charge in [0.15, 0.2) is 5.96 Å². The monoisotopic (exact) mass is 486 g/mol. The molecule has 152 valence electrons. The Morgan fingerprint density at radius 3 is 2.52 bits per heavy atom. The van der Waals surface area contributed by atoms with Gasteiger partial charge in [0.1, 0.15) is 0 Å². The number of hydrogen-bond donors (Lipinski definition) is 2. The van der Waals surface area contributed by atoms with Gasteiger partial charge in [0.05, 0.1) is 0 Å². The molecule has 1 unspecified atom stereocenters. The van der Waals surface area contributed by atoms with Crippen LogP contribution < -0.4 is 10.6 Å². The zero-order valence-corrected chi connectivity index (χ0v) is 19.2. The third-order valence-electron chi connectivity index (χ3n) is 5.19. The van der Waals surface area contributed by atoms with Crippen molar-refractivity contribution in [2.45, 2.75) is 45.4 Å². The quantitative estimate of drug-likeness (QED) is 0.352. The van der Waals surface area contributed by atoms with Crippen molar-refractivity contribution in [3.63, 3.8) is 0 Å². The maximum Gasteiger partial charge on any atom is 0.220 e. The van der Waals surface area contributed by atoms with Crippen LogP contribution in [0.3, 0.4) is 0 Å². The second-order valence-electron chi connectivity index (χ2n) is 7.14. The van der Waals surface area contributed by atoms with Crippen LogP contribution in [0.5, 0.6) is 0 Å². The SMILES string of the molecule is CCNC(=NCCC(C)c1ccccc1)N1CCC(CC(=O)NC)CC1.I. The predicted octanol–water partition coefficient (Wildman–Crippen LogP) is 3.61. The Morgan fingerprint density at radius 2 is 1.93 bits per heavy atom. The fourth-order valence-corrected chi connectivity index (χ4v) is 3.45. The summed E-state index contributed by atoms with van der Waals surface area (Å²) in [6.07, 6.45) is 3.80. The molecule has 1 aromatic rings. The van der Waals surface area contributed by atoms with Gasteiger partial charge in [-0.2, -0.15) is 0 Å². The van der Waals surface area contributed by atoms with Gasteiger partial charge in [0.25, 0.3) is 0 Å². The second kappa shape index (κ2) is 13.0. The van der Waals surface area contributed by atoms with Gasteiger partial charge in [-0.05, 0) is 43.6 Å². The molecule has 6 heteroatoms. The highest BCUT2D eigenvalue weighted by atomic mass is 127. The van der Waals surface area contributed by atoms with E-state index in [1.807, 2.05) is 0 Å². The van der Waals surface area contributed by atoms with Crippen molar-refractivity contribution in [2.24, 2.45) is 10.9 Å². The summed E-state index contributed by atoms with van der Waals surface area (Å²) in [4.78, 5) is 18.8. The standard InChI is InChI=1S/C21H34N4O.HI/c1-4-23-21(24-13-10-17(2)19-8-6-5-7-9-19)25-14-11-18(12-15-25)16-20(26)22-3;/h5-9,17-18H,4,10-16H2,1-3H3,(H,22,26)(H,23,24);1H. The van der Waals surface area contributed by atoms with Crippen molar-refractivity contribution < 1.29 is 4.79 Å². The van der Waals surface area contributed by atoms with E-state index in [0.717, 1.165) is 51.4 Å². The highest BCUT2D eigenvalue weighted by Crippen LogP contribution is 2.21. The number of amides is 1. The van der Waals surface area contributed by atoms with Crippen LogP contribution in [0.2, 0.25) is 0 Å². The first-order valence-electron chi connectivity index (χ1n) is 9.92. The van der Waals surface area contributed by atoms with E-state index in [4.69, 9.17) is 4.99 Å². The van der Waals surface area contributed by atoms with Gasteiger partial charge < -0.3 is 15.5 Å². The molecule has 1 fully saturated rings. The average Bonchev–Trinajstić information content (AvgIpc) is 2.68. The Morgan fingerprint density at radius 1 is 1.26 bits per heavy atom. The summed E-state index contributed by atoms with van der Waals surface area (Å²) in [5.41, 5.74) is 1.38. The number of guanidine groups is 1. The van der Waals surface area contributed by atoms with E-state index in [1.165, 1.54) is 5.56 Å². The third-order valence-corrected chi connectivity index (χ3v) is 5.19. The lowest BCUT2D eigenvalue weighted by atomic mass is 9.93. The number of hydrogen-bond acceptors (Lipinski definition) is 2. The molecule has 27 heavy (non-hydrogen) atoms. The van der Waals surface area contributed by atoms with Crippen molar-refractivity contribution in [2.75, 3.05) is 33.2 Å². The first-order valence-corrected chi connectivity index (χ1v) is 9.92. The predicted molar refractivity (Wildman–Crippen MR) is 124 cm³/mol. The summed E-state index contributed by atoms with van der Waals surface area (Å²) in [6, 6.07) is 10.6. The van der Waals surface area contributed by atoms with Gasteiger partial charge >= 0.3 is 0 Å². The number of benzene rings is 1. The highest BCUT2D eigenvalue weighted by molar-refractivity contribution is 14.0. The molecular weight excluding hydrogens is 451 g/mol. The van der Waals surface area contributed by atoms with Gasteiger partial charge in [0.2, 0.25) is 5.91 Å². The number of aliphatic imine (C=N–C) groups is 1. The molecule has 0 aromatic heterocycles. The molecule has 0 aliphatic carbocycles. The number of halogens is 1. The molecule has 1 amide bonds. The molecule has 1 aliphatic rings. The lowest BCUT2D eigenvalue weighted by Gasteiger charge is -2.34. The van der Waals surface area contributed by atoms with Gasteiger partial charge in [-0.25, -0.2) is 0 Å². The molecule has 2 rings (SSSR count). The molecule has 5 nitrogen and oxygen atoms in total. The summed E-state index contributed by atoms with van der Waals surface area (Å²) in [5, 5.41) is 6.16. The van der Waals surface area contributed by atoms with E-state index in [9.17, 15) is 4.79 Å². The van der Waals surface area contributed by atoms with E-state index >= 15 is 0 Å². The van der Waals surface area contributed by atoms with Gasteiger partial charge in [-0.3, -0.25) is 9.79 Å². The minimum Gasteiger partial charge on any atom is -0.359 e. The maximum atomic E-state index is 11.6. The summed E-state index contributed by atoms with van der Waals surface area (Å²) in [7, 11) is 1.71. The summed E-state index contributed by atoms with van der Waals surface area (Å²) >= 11 is 0. The molecule has 1 aromatic carbocycles.